The number of rotatable bonds is 2. The Bertz CT molecular complexity index is 246. The Morgan fingerprint density at radius 2 is 1.92 bits per heavy atom. The van der Waals surface area contributed by atoms with E-state index >= 15 is 0 Å². The maximum atomic E-state index is 8.72. The monoisotopic (exact) mass is 244 g/mol. The average Bonchev–Trinajstić information content (AvgIpc) is 2.15. The molecule has 1 aromatic carbocycles. The van der Waals surface area contributed by atoms with Crippen molar-refractivity contribution in [1.29, 1.82) is 0 Å². The van der Waals surface area contributed by atoms with Gasteiger partial charge in [-0.05, 0) is 36.6 Å². The maximum absolute atomic E-state index is 8.72. The molecule has 0 bridgehead atoms. The van der Waals surface area contributed by atoms with Crippen molar-refractivity contribution in [3.05, 3.63) is 33.8 Å². The summed E-state index contributed by atoms with van der Waals surface area (Å²) in [7, 11) is 0. The molecule has 74 valence electrons. The second-order valence-corrected chi connectivity index (χ2v) is 3.46. The molecule has 1 aromatic rings. The van der Waals surface area contributed by atoms with Crippen molar-refractivity contribution >= 4 is 15.9 Å². The molecule has 13 heavy (non-hydrogen) atoms. The van der Waals surface area contributed by atoms with Gasteiger partial charge in [0.15, 0.2) is 0 Å². The smallest absolute Gasteiger partial charge is 0.0471 e. The van der Waals surface area contributed by atoms with Crippen molar-refractivity contribution < 1.29 is 5.11 Å². The van der Waals surface area contributed by atoms with Gasteiger partial charge >= 0.3 is 0 Å². The summed E-state index contributed by atoms with van der Waals surface area (Å²) < 4.78 is 1.08. The predicted octanol–water partition coefficient (Wildman–Crippen LogP) is 3.32. The Labute approximate surface area is 88.9 Å². The third-order valence-electron chi connectivity index (χ3n) is 1.69. The maximum Gasteiger partial charge on any atom is 0.0471 e. The molecule has 0 spiro atoms. The van der Waals surface area contributed by atoms with Crippen LogP contribution in [0.1, 0.15) is 25.0 Å². The molecule has 0 amide bonds. The third-order valence-corrected chi connectivity index (χ3v) is 2.19. The van der Waals surface area contributed by atoms with Gasteiger partial charge in [-0.15, -0.1) is 0 Å². The molecule has 0 aliphatic carbocycles. The van der Waals surface area contributed by atoms with Gasteiger partial charge in [0, 0.05) is 11.1 Å². The molecule has 1 N–H and O–H groups in total. The van der Waals surface area contributed by atoms with Crippen LogP contribution in [-0.4, -0.2) is 11.7 Å². The highest BCUT2D eigenvalue weighted by Crippen LogP contribution is 2.15. The SMILES string of the molecule is CC.Cc1ccc(Br)cc1CCO. The number of aryl methyl sites for hydroxylation is 1. The Kier molecular flexibility index (Phi) is 6.92. The fourth-order valence-corrected chi connectivity index (χ4v) is 1.44. The Morgan fingerprint density at radius 3 is 2.46 bits per heavy atom. The summed E-state index contributed by atoms with van der Waals surface area (Å²) in [6.45, 7) is 6.27. The van der Waals surface area contributed by atoms with Crippen LogP contribution in [0.3, 0.4) is 0 Å². The Hall–Kier alpha value is -0.340. The van der Waals surface area contributed by atoms with Crippen molar-refractivity contribution in [2.75, 3.05) is 6.61 Å². The van der Waals surface area contributed by atoms with E-state index in [0.29, 0.717) is 0 Å². The van der Waals surface area contributed by atoms with Crippen LogP contribution in [0.4, 0.5) is 0 Å². The van der Waals surface area contributed by atoms with Crippen molar-refractivity contribution in [2.45, 2.75) is 27.2 Å². The highest BCUT2D eigenvalue weighted by Gasteiger charge is 1.97. The van der Waals surface area contributed by atoms with E-state index in [1.54, 1.807) is 0 Å². The molecule has 0 saturated heterocycles. The van der Waals surface area contributed by atoms with Crippen LogP contribution in [-0.2, 0) is 6.42 Å². The summed E-state index contributed by atoms with van der Waals surface area (Å²) in [4.78, 5) is 0. The number of hydrogen-bond donors (Lipinski definition) is 1. The van der Waals surface area contributed by atoms with Crippen LogP contribution in [0, 0.1) is 6.92 Å². The highest BCUT2D eigenvalue weighted by molar-refractivity contribution is 9.10. The first-order valence-electron chi connectivity index (χ1n) is 4.60. The molecule has 0 aliphatic rings. The van der Waals surface area contributed by atoms with Gasteiger partial charge in [0.2, 0.25) is 0 Å². The lowest BCUT2D eigenvalue weighted by Crippen LogP contribution is -1.93. The minimum absolute atomic E-state index is 0.220. The summed E-state index contributed by atoms with van der Waals surface area (Å²) in [5.74, 6) is 0. The first-order chi connectivity index (χ1) is 6.24. The molecule has 0 heterocycles. The standard InChI is InChI=1S/C9H11BrO.C2H6/c1-7-2-3-9(10)6-8(7)4-5-11;1-2/h2-3,6,11H,4-5H2,1H3;1-2H3. The van der Waals surface area contributed by atoms with Crippen LogP contribution in [0.2, 0.25) is 0 Å². The van der Waals surface area contributed by atoms with E-state index in [0.717, 1.165) is 10.9 Å². The molecule has 0 radical (unpaired) electrons. The van der Waals surface area contributed by atoms with Gasteiger partial charge in [0.1, 0.15) is 0 Å². The summed E-state index contributed by atoms with van der Waals surface area (Å²) in [5.41, 5.74) is 2.45. The molecule has 1 nitrogen and oxygen atoms in total. The minimum Gasteiger partial charge on any atom is -0.396 e. The third kappa shape index (κ3) is 4.44. The quantitative estimate of drug-likeness (QED) is 0.847. The molecule has 0 fully saturated rings. The van der Waals surface area contributed by atoms with E-state index in [2.05, 4.69) is 28.9 Å². The summed E-state index contributed by atoms with van der Waals surface area (Å²) in [6.07, 6.45) is 0.741. The highest BCUT2D eigenvalue weighted by atomic mass is 79.9. The van der Waals surface area contributed by atoms with Crippen LogP contribution < -0.4 is 0 Å². The summed E-state index contributed by atoms with van der Waals surface area (Å²) >= 11 is 3.38. The van der Waals surface area contributed by atoms with Gasteiger partial charge < -0.3 is 5.11 Å². The van der Waals surface area contributed by atoms with Crippen LogP contribution in [0.25, 0.3) is 0 Å². The zero-order valence-electron chi connectivity index (χ0n) is 8.47. The van der Waals surface area contributed by atoms with E-state index in [-0.39, 0.29) is 6.61 Å². The molecular weight excluding hydrogens is 228 g/mol. The van der Waals surface area contributed by atoms with E-state index in [9.17, 15) is 0 Å². The zero-order valence-corrected chi connectivity index (χ0v) is 10.1. The summed E-state index contributed by atoms with van der Waals surface area (Å²) in [6, 6.07) is 6.11. The number of aliphatic hydroxyl groups is 1. The average molecular weight is 245 g/mol. The van der Waals surface area contributed by atoms with Gasteiger partial charge in [-0.25, -0.2) is 0 Å². The van der Waals surface area contributed by atoms with Crippen molar-refractivity contribution in [3.63, 3.8) is 0 Å². The normalized spacial score (nSPS) is 9.00. The summed E-state index contributed by atoms with van der Waals surface area (Å²) in [5, 5.41) is 8.72. The topological polar surface area (TPSA) is 20.2 Å². The van der Waals surface area contributed by atoms with E-state index in [1.807, 2.05) is 26.0 Å². The van der Waals surface area contributed by atoms with Gasteiger partial charge in [0.05, 0.1) is 0 Å². The number of hydrogen-bond acceptors (Lipinski definition) is 1. The van der Waals surface area contributed by atoms with Crippen molar-refractivity contribution in [2.24, 2.45) is 0 Å². The first kappa shape index (κ1) is 12.7. The molecule has 0 aliphatic heterocycles. The van der Waals surface area contributed by atoms with Gasteiger partial charge in [-0.2, -0.15) is 0 Å². The van der Waals surface area contributed by atoms with E-state index in [4.69, 9.17) is 5.11 Å². The minimum atomic E-state index is 0.220. The van der Waals surface area contributed by atoms with Gasteiger partial charge in [-0.1, -0.05) is 35.8 Å². The lowest BCUT2D eigenvalue weighted by molar-refractivity contribution is 0.299. The van der Waals surface area contributed by atoms with E-state index in [1.165, 1.54) is 11.1 Å². The fraction of sp³-hybridized carbons (Fsp3) is 0.455. The molecule has 0 unspecified atom stereocenters. The fourth-order valence-electron chi connectivity index (χ4n) is 1.03. The Morgan fingerprint density at radius 1 is 1.31 bits per heavy atom. The molecule has 2 heteroatoms. The molecule has 0 saturated carbocycles. The predicted molar refractivity (Wildman–Crippen MR) is 61.0 cm³/mol. The zero-order chi connectivity index (χ0) is 10.3. The number of benzene rings is 1. The molecular formula is C11H17BrO. The van der Waals surface area contributed by atoms with Crippen LogP contribution in [0.5, 0.6) is 0 Å². The van der Waals surface area contributed by atoms with Crippen molar-refractivity contribution in [1.82, 2.24) is 0 Å². The largest absolute Gasteiger partial charge is 0.396 e. The number of halogens is 1. The molecule has 1 rings (SSSR count). The number of aliphatic hydroxyl groups excluding tert-OH is 1. The second kappa shape index (κ2) is 7.10. The molecule has 0 atom stereocenters. The first-order valence-corrected chi connectivity index (χ1v) is 5.39. The van der Waals surface area contributed by atoms with E-state index < -0.39 is 0 Å². The van der Waals surface area contributed by atoms with Gasteiger partial charge in [-0.3, -0.25) is 0 Å². The Balaban J connectivity index is 0.000000671. The molecule has 0 aromatic heterocycles. The van der Waals surface area contributed by atoms with Crippen LogP contribution in [0.15, 0.2) is 22.7 Å². The van der Waals surface area contributed by atoms with Gasteiger partial charge in [0.25, 0.3) is 0 Å². The van der Waals surface area contributed by atoms with Crippen LogP contribution >= 0.6 is 15.9 Å². The lowest BCUT2D eigenvalue weighted by atomic mass is 10.1. The lowest BCUT2D eigenvalue weighted by Gasteiger charge is -2.03. The van der Waals surface area contributed by atoms with Crippen molar-refractivity contribution in [3.8, 4) is 0 Å². The second-order valence-electron chi connectivity index (χ2n) is 2.54.